The Morgan fingerprint density at radius 1 is 0.886 bits per heavy atom. The van der Waals surface area contributed by atoms with Crippen LogP contribution in [0.5, 0.6) is 28.7 Å². The summed E-state index contributed by atoms with van der Waals surface area (Å²) in [5, 5.41) is 68.5. The van der Waals surface area contributed by atoms with Gasteiger partial charge in [-0.25, -0.2) is 4.79 Å². The number of ether oxygens (including phenoxy) is 5. The maximum Gasteiger partial charge on any atom is 0.336 e. The molecule has 0 spiro atoms. The molecule has 424 valence electrons. The number of amides is 1. The predicted molar refractivity (Wildman–Crippen MR) is 298 cm³/mol. The molecular formula is C59H72N4O16. The number of phenols is 3. The molecule has 4 aliphatic heterocycles. The number of methoxy groups -OCH3 is 1. The van der Waals surface area contributed by atoms with E-state index >= 15 is 0 Å². The summed E-state index contributed by atoms with van der Waals surface area (Å²) in [5.41, 5.74) is 1.54. The molecule has 0 aliphatic carbocycles. The average molecular weight is 1090 g/mol. The molecule has 1 saturated heterocycles. The predicted octanol–water partition coefficient (Wildman–Crippen LogP) is 8.22. The van der Waals surface area contributed by atoms with Gasteiger partial charge >= 0.3 is 17.4 Å². The molecule has 3 aromatic carbocycles. The fraction of sp³-hybridized carbons (Fsp3) is 0.441. The molecule has 0 unspecified atom stereocenters. The Labute approximate surface area is 457 Å². The van der Waals surface area contributed by atoms with Crippen molar-refractivity contribution in [2.45, 2.75) is 99.4 Å². The summed E-state index contributed by atoms with van der Waals surface area (Å²) in [6.07, 6.45) is 8.44. The zero-order valence-corrected chi connectivity index (χ0v) is 46.7. The van der Waals surface area contributed by atoms with E-state index in [2.05, 4.69) is 15.3 Å². The summed E-state index contributed by atoms with van der Waals surface area (Å²) in [6.45, 7) is 19.6. The van der Waals surface area contributed by atoms with Crippen molar-refractivity contribution in [2.75, 3.05) is 52.3 Å². The number of Topliss-reactive ketones (excluding diaryl/α,β-unsaturated/α-hetero) is 1. The standard InChI is InChI=1S/C43H58N4O12.C16H14O4/c1-21-12-11-13-22(2)42(55)45-33-28(20-44-47-17-15-46(9)16-18-47)37(52)30-31(38(33)53)36(51)26(6)40-32(30)41(54)43(8,59-40)57-19-14-29(56-10)23(3)39(58-27(7)48)25(5)35(50)24(4)34(21)49;1-10(2)5-7-19-16-11-3-4-15(17)20-14(11)9-13-12(16)6-8-18-13/h11-14,19-21,23-25,29,34-35,39,49-53H,15-18H2,1-10H3,(H,45,55);3-6,8-9H,7H2,1-2H3/b12-11+,19-14+,22-13-,44-20+;/t21-,23+,24+,25+,29-,34-,35+,39+,43-;/m0./s1. The first-order valence-corrected chi connectivity index (χ1v) is 26.1. The van der Waals surface area contributed by atoms with E-state index < -0.39 is 94.4 Å². The summed E-state index contributed by atoms with van der Waals surface area (Å²) >= 11 is 0. The van der Waals surface area contributed by atoms with E-state index in [9.17, 15) is 44.7 Å². The Morgan fingerprint density at radius 3 is 2.25 bits per heavy atom. The van der Waals surface area contributed by atoms with E-state index in [1.807, 2.05) is 33.0 Å². The Balaban J connectivity index is 0.000000374. The molecule has 9 rings (SSSR count). The normalized spacial score (nSPS) is 26.7. The third-order valence-corrected chi connectivity index (χ3v) is 14.9. The monoisotopic (exact) mass is 1090 g/mol. The lowest BCUT2D eigenvalue weighted by Crippen LogP contribution is -2.46. The SMILES string of the molecule is CC(C)=CCOc1c2ccoc2cc2oc(=O)ccc12.CO[C@H]1/C=C/O[C@@]2(C)Oc3c(C)c(O)c4c(O)c(c(/C=N/N5CCN(C)CC5)c(O)c4c3C2=O)NC(=O)/C(C)=C\C=C\[C@H](C)[C@H](O)[C@@H](C)[C@@H](O)[C@@H](C)[C@H](OC(C)=O)[C@@H]1C. The highest BCUT2D eigenvalue weighted by molar-refractivity contribution is 6.24. The van der Waals surface area contributed by atoms with Crippen molar-refractivity contribution in [1.29, 1.82) is 0 Å². The number of esters is 1. The van der Waals surface area contributed by atoms with Crippen LogP contribution in [-0.2, 0) is 23.8 Å². The van der Waals surface area contributed by atoms with Crippen LogP contribution in [0.1, 0.15) is 83.8 Å². The van der Waals surface area contributed by atoms with Crippen molar-refractivity contribution in [1.82, 2.24) is 9.91 Å². The fourth-order valence-corrected chi connectivity index (χ4v) is 9.98. The topological polar surface area (TPSA) is 273 Å². The van der Waals surface area contributed by atoms with E-state index in [4.69, 9.17) is 32.5 Å². The van der Waals surface area contributed by atoms with Crippen LogP contribution in [-0.4, -0.2) is 136 Å². The molecule has 20 nitrogen and oxygen atoms in total. The number of anilines is 1. The van der Waals surface area contributed by atoms with Crippen LogP contribution in [0.3, 0.4) is 0 Å². The van der Waals surface area contributed by atoms with Crippen molar-refractivity contribution in [3.63, 3.8) is 0 Å². The van der Waals surface area contributed by atoms with Crippen LogP contribution >= 0.6 is 0 Å². The Morgan fingerprint density at radius 2 is 1.58 bits per heavy atom. The number of furan rings is 1. The minimum Gasteiger partial charge on any atom is -0.507 e. The lowest BCUT2D eigenvalue weighted by molar-refractivity contribution is -0.160. The summed E-state index contributed by atoms with van der Waals surface area (Å²) < 4.78 is 40.0. The lowest BCUT2D eigenvalue weighted by Gasteiger charge is -2.38. The van der Waals surface area contributed by atoms with E-state index in [-0.39, 0.29) is 44.5 Å². The van der Waals surface area contributed by atoms with Gasteiger partial charge < -0.3 is 68.3 Å². The van der Waals surface area contributed by atoms with Crippen molar-refractivity contribution >= 4 is 62.3 Å². The number of aliphatic hydroxyl groups excluding tert-OH is 2. The van der Waals surface area contributed by atoms with Gasteiger partial charge in [0.1, 0.15) is 46.9 Å². The highest BCUT2D eigenvalue weighted by Gasteiger charge is 2.50. The Bertz CT molecular complexity index is 3320. The number of nitrogens with zero attached hydrogens (tertiary/aromatic N) is 3. The maximum atomic E-state index is 14.4. The van der Waals surface area contributed by atoms with Gasteiger partial charge in [-0.05, 0) is 59.0 Å². The molecule has 2 aromatic heterocycles. The van der Waals surface area contributed by atoms with Gasteiger partial charge in [0.25, 0.3) is 11.7 Å². The lowest BCUT2D eigenvalue weighted by atomic mass is 9.78. The highest BCUT2D eigenvalue weighted by Crippen LogP contribution is 2.55. The van der Waals surface area contributed by atoms with E-state index in [0.717, 1.165) is 23.9 Å². The number of carbonyl (C=O) groups excluding carboxylic acids is 3. The van der Waals surface area contributed by atoms with Gasteiger partial charge in [-0.3, -0.25) is 19.4 Å². The minimum atomic E-state index is -2.04. The zero-order chi connectivity index (χ0) is 57.8. The van der Waals surface area contributed by atoms with Gasteiger partial charge in [0.2, 0.25) is 0 Å². The number of likely N-dealkylation sites (N-methyl/N-ethyl adjacent to an activating group) is 1. The molecule has 79 heavy (non-hydrogen) atoms. The Kier molecular flexibility index (Phi) is 18.4. The quantitative estimate of drug-likeness (QED) is 0.0224. The molecule has 9 atom stereocenters. The van der Waals surface area contributed by atoms with Gasteiger partial charge in [-0.1, -0.05) is 51.5 Å². The second-order valence-electron chi connectivity index (χ2n) is 20.9. The van der Waals surface area contributed by atoms with Crippen LogP contribution in [0, 0.1) is 30.6 Å². The van der Waals surface area contributed by atoms with Gasteiger partial charge in [0, 0.05) is 99.5 Å². The molecule has 5 bridgehead atoms. The minimum absolute atomic E-state index is 0.0559. The molecule has 20 heteroatoms. The number of aliphatic hydroxyl groups is 2. The molecule has 1 fully saturated rings. The molecule has 4 aliphatic rings. The van der Waals surface area contributed by atoms with Crippen molar-refractivity contribution in [3.05, 3.63) is 105 Å². The van der Waals surface area contributed by atoms with Crippen LogP contribution in [0.15, 0.2) is 97.0 Å². The first kappa shape index (κ1) is 59.0. The van der Waals surface area contributed by atoms with Crippen LogP contribution in [0.2, 0.25) is 0 Å². The molecular weight excluding hydrogens is 1020 g/mol. The van der Waals surface area contributed by atoms with Crippen molar-refractivity contribution < 1.29 is 72.4 Å². The molecule has 6 heterocycles. The summed E-state index contributed by atoms with van der Waals surface area (Å²) in [5.74, 6) is -7.67. The van der Waals surface area contributed by atoms with E-state index in [1.54, 1.807) is 63.3 Å². The number of hydrogen-bond donors (Lipinski definition) is 6. The molecule has 0 saturated carbocycles. The number of rotatable bonds is 7. The number of fused-ring (bicyclic) bond motifs is 16. The molecule has 1 amide bonds. The molecule has 5 aromatic rings. The number of hydrogen-bond acceptors (Lipinski definition) is 19. The number of ketones is 1. The summed E-state index contributed by atoms with van der Waals surface area (Å²) in [6, 6.07) is 6.66. The number of phenolic OH excluding ortho intramolecular Hbond substituents is 3. The maximum absolute atomic E-state index is 14.4. The second kappa shape index (κ2) is 24.6. The second-order valence-corrected chi connectivity index (χ2v) is 20.9. The number of piperazine rings is 1. The largest absolute Gasteiger partial charge is 0.507 e. The first-order chi connectivity index (χ1) is 37.4. The number of carbonyl (C=O) groups is 3. The van der Waals surface area contributed by atoms with Crippen LogP contribution in [0.4, 0.5) is 5.69 Å². The Hall–Kier alpha value is -7.65. The van der Waals surface area contributed by atoms with Crippen molar-refractivity contribution in [2.24, 2.45) is 28.8 Å². The number of aromatic hydroxyl groups is 3. The highest BCUT2D eigenvalue weighted by atomic mass is 16.7. The third-order valence-electron chi connectivity index (χ3n) is 14.9. The summed E-state index contributed by atoms with van der Waals surface area (Å²) in [7, 11) is 3.42. The average Bonchev–Trinajstić information content (AvgIpc) is 4.23. The van der Waals surface area contributed by atoms with Gasteiger partial charge in [-0.15, -0.1) is 0 Å². The van der Waals surface area contributed by atoms with E-state index in [0.29, 0.717) is 36.6 Å². The smallest absolute Gasteiger partial charge is 0.336 e. The van der Waals surface area contributed by atoms with Gasteiger partial charge in [-0.2, -0.15) is 5.10 Å². The van der Waals surface area contributed by atoms with E-state index in [1.165, 1.54) is 71.1 Å². The molecule has 0 radical (unpaired) electrons. The van der Waals surface area contributed by atoms with Gasteiger partial charge in [0.15, 0.2) is 5.75 Å². The number of benzene rings is 3. The van der Waals surface area contributed by atoms with Gasteiger partial charge in [0.05, 0.1) is 70.0 Å². The number of hydrazone groups is 1. The first-order valence-electron chi connectivity index (χ1n) is 26.1. The fourth-order valence-electron chi connectivity index (χ4n) is 9.98. The van der Waals surface area contributed by atoms with Crippen molar-refractivity contribution in [3.8, 4) is 28.7 Å². The molecule has 6 N–H and O–H groups in total. The summed E-state index contributed by atoms with van der Waals surface area (Å²) in [4.78, 5) is 54.0. The third kappa shape index (κ3) is 12.5. The number of allylic oxidation sites excluding steroid dienone is 3. The zero-order valence-electron chi connectivity index (χ0n) is 46.7. The van der Waals surface area contributed by atoms with Crippen LogP contribution in [0.25, 0.3) is 32.7 Å². The van der Waals surface area contributed by atoms with Crippen LogP contribution < -0.4 is 20.4 Å². The number of nitrogens with one attached hydrogen (secondary N) is 1.